The largest absolute Gasteiger partial charge is 0 e. The van der Waals surface area contributed by atoms with Crippen LogP contribution in [0, 0.1) is 0 Å². The summed E-state index contributed by atoms with van der Waals surface area (Å²) in [6, 6.07) is 0. The molecular weight excluding hydrogens is 273 g/mol. The molecule has 0 nitrogen and oxygen atoms in total. The fraction of sp³-hybridized carbons (Fsp3) is 0. The topological polar surface area (TPSA) is 0 Å². The normalized spacial score (nSPS) is 0. The summed E-state index contributed by atoms with van der Waals surface area (Å²) in [5, 5.41) is 0. The van der Waals surface area contributed by atoms with Crippen molar-refractivity contribution in [1.29, 1.82) is 0 Å². The van der Waals surface area contributed by atoms with Gasteiger partial charge in [0, 0.05) is 71.2 Å². The Bertz CT molecular complexity index is 8.00. The Morgan fingerprint density at radius 3 is 1.00 bits per heavy atom. The summed E-state index contributed by atoms with van der Waals surface area (Å²) < 4.78 is 0. The Kier molecular flexibility index (Phi) is 164. The van der Waals surface area contributed by atoms with Crippen LogP contribution in [-0.4, -0.2) is 34.7 Å². The van der Waals surface area contributed by atoms with E-state index in [9.17, 15) is 0 Å². The summed E-state index contributed by atoms with van der Waals surface area (Å²) in [5.41, 5.74) is 0. The second kappa shape index (κ2) is 18.9. The van der Waals surface area contributed by atoms with Gasteiger partial charge in [-0.1, -0.05) is 0 Å². The molecule has 0 saturated heterocycles. The first kappa shape index (κ1) is 34.6. The van der Waals surface area contributed by atoms with Crippen molar-refractivity contribution in [3.8, 4) is 0 Å². The Hall–Kier alpha value is 2.21. The van der Waals surface area contributed by atoms with Crippen molar-refractivity contribution >= 4 is 34.7 Å². The van der Waals surface area contributed by atoms with Crippen LogP contribution in [0.5, 0.6) is 0 Å². The Labute approximate surface area is 70.5 Å². The van der Waals surface area contributed by atoms with Crippen LogP contribution in [0.4, 0.5) is 0 Å². The Morgan fingerprint density at radius 1 is 1.00 bits per heavy atom. The van der Waals surface area contributed by atoms with Crippen LogP contribution < -0.4 is 0 Å². The molecule has 6 radical (unpaired) electrons. The van der Waals surface area contributed by atoms with E-state index in [0.29, 0.717) is 0 Å². The summed E-state index contributed by atoms with van der Waals surface area (Å²) in [7, 11) is 0. The zero-order chi connectivity index (χ0) is 0. The fourth-order valence-electron chi connectivity index (χ4n) is 0. The quantitative estimate of drug-likeness (QED) is 0.509. The number of hydrogen-bond donors (Lipinski definition) is 0. The molecule has 0 rings (SSSR count). The maximum atomic E-state index is 0. The van der Waals surface area contributed by atoms with Crippen molar-refractivity contribution in [2.45, 2.75) is 0 Å². The van der Waals surface area contributed by atoms with Gasteiger partial charge in [0.1, 0.15) is 0 Å². The molecule has 0 atom stereocenters. The van der Waals surface area contributed by atoms with Crippen molar-refractivity contribution in [3.05, 3.63) is 0 Å². The summed E-state index contributed by atoms with van der Waals surface area (Å²) in [6.45, 7) is 0. The van der Waals surface area contributed by atoms with Crippen molar-refractivity contribution in [2.75, 3.05) is 0 Å². The first-order chi connectivity index (χ1) is 0. The standard InChI is InChI=1S/Fe.Ge.Se.Zn. The zero-order valence-electron chi connectivity index (χ0n) is 1.97. The van der Waals surface area contributed by atoms with Gasteiger partial charge in [0.25, 0.3) is 0 Å². The number of hydrogen-bond acceptors (Lipinski definition) is 0. The third-order valence-electron chi connectivity index (χ3n) is 0. The molecule has 0 heterocycles. The zero-order valence-corrected chi connectivity index (χ0v) is 9.85. The Morgan fingerprint density at radius 2 is 1.00 bits per heavy atom. The summed E-state index contributed by atoms with van der Waals surface area (Å²) in [4.78, 5) is 0. The van der Waals surface area contributed by atoms with E-state index in [4.69, 9.17) is 0 Å². The average molecular weight is 273 g/mol. The van der Waals surface area contributed by atoms with Crippen LogP contribution in [0.25, 0.3) is 0 Å². The predicted octanol–water partition coefficient (Wildman–Crippen LogP) is -0.767. The molecule has 0 aliphatic rings. The van der Waals surface area contributed by atoms with E-state index >= 15 is 0 Å². The third kappa shape index (κ3) is 8.88. The molecule has 0 aromatic heterocycles. The van der Waals surface area contributed by atoms with Crippen LogP contribution in [0.2, 0.25) is 0 Å². The van der Waals surface area contributed by atoms with Gasteiger partial charge >= 0.3 is 0 Å². The summed E-state index contributed by atoms with van der Waals surface area (Å²) >= 11 is 0. The van der Waals surface area contributed by atoms with Crippen molar-refractivity contribution in [3.63, 3.8) is 0 Å². The molecule has 0 unspecified atom stereocenters. The number of rotatable bonds is 0. The summed E-state index contributed by atoms with van der Waals surface area (Å²) in [5.74, 6) is 0. The SMILES string of the molecule is [Fe].[Ge].[Se].[Zn]. The molecule has 0 spiro atoms. The van der Waals surface area contributed by atoms with Gasteiger partial charge in [0.05, 0.1) is 0 Å². The second-order valence-electron chi connectivity index (χ2n) is 0. The van der Waals surface area contributed by atoms with Gasteiger partial charge < -0.3 is 0 Å². The van der Waals surface area contributed by atoms with Crippen molar-refractivity contribution in [2.24, 2.45) is 0 Å². The van der Waals surface area contributed by atoms with E-state index in [1.54, 1.807) is 0 Å². The Balaban J connectivity index is 0. The third-order valence-corrected chi connectivity index (χ3v) is 0. The van der Waals surface area contributed by atoms with Crippen molar-refractivity contribution < 1.29 is 36.5 Å². The van der Waals surface area contributed by atoms with Crippen LogP contribution >= 0.6 is 0 Å². The van der Waals surface area contributed by atoms with Gasteiger partial charge in [0.15, 0.2) is 0 Å². The van der Waals surface area contributed by atoms with E-state index in [1.165, 1.54) is 0 Å². The molecular formula is FeGeSeZn. The van der Waals surface area contributed by atoms with Crippen LogP contribution in [0.3, 0.4) is 0 Å². The predicted molar refractivity (Wildman–Crippen MR) is 11.5 cm³/mol. The van der Waals surface area contributed by atoms with Gasteiger partial charge in [-0.25, -0.2) is 0 Å². The molecule has 0 aromatic rings. The minimum absolute atomic E-state index is 0. The molecule has 0 aliphatic heterocycles. The molecule has 0 aliphatic carbocycles. The van der Waals surface area contributed by atoms with Gasteiger partial charge in [0.2, 0.25) is 0 Å². The average Bonchev–Trinajstić information content (AvgIpc) is 0. The van der Waals surface area contributed by atoms with Gasteiger partial charge in [-0.3, -0.25) is 0 Å². The van der Waals surface area contributed by atoms with Gasteiger partial charge in [-0.15, -0.1) is 0 Å². The van der Waals surface area contributed by atoms with Crippen molar-refractivity contribution in [1.82, 2.24) is 0 Å². The van der Waals surface area contributed by atoms with Gasteiger partial charge in [-0.2, -0.15) is 0 Å². The van der Waals surface area contributed by atoms with Crippen LogP contribution in [-0.2, 0) is 36.5 Å². The van der Waals surface area contributed by atoms with E-state index in [0.717, 1.165) is 0 Å². The van der Waals surface area contributed by atoms with E-state index in [1.807, 2.05) is 0 Å². The minimum Gasteiger partial charge on any atom is 0 e. The molecule has 4 heteroatoms. The molecule has 0 fully saturated rings. The van der Waals surface area contributed by atoms with E-state index in [-0.39, 0.29) is 71.2 Å². The maximum Gasteiger partial charge on any atom is 0 e. The maximum absolute atomic E-state index is 0. The molecule has 0 amide bonds. The minimum atomic E-state index is 0. The van der Waals surface area contributed by atoms with Gasteiger partial charge in [-0.05, 0) is 0 Å². The van der Waals surface area contributed by atoms with Crippen LogP contribution in [0.15, 0.2) is 0 Å². The summed E-state index contributed by atoms with van der Waals surface area (Å²) in [6.07, 6.45) is 0. The first-order valence-corrected chi connectivity index (χ1v) is 0. The second-order valence-corrected chi connectivity index (χ2v) is 0. The molecule has 0 aromatic carbocycles. The molecule has 0 N–H and O–H groups in total. The molecule has 0 saturated carbocycles. The molecule has 20 valence electrons. The van der Waals surface area contributed by atoms with E-state index in [2.05, 4.69) is 0 Å². The smallest absolute Gasteiger partial charge is 0 e. The molecule has 0 bridgehead atoms. The van der Waals surface area contributed by atoms with Crippen LogP contribution in [0.1, 0.15) is 0 Å². The molecule has 4 heavy (non-hydrogen) atoms. The first-order valence-electron chi connectivity index (χ1n) is 0. The monoisotopic (exact) mass is 274 g/mol. The fourth-order valence-corrected chi connectivity index (χ4v) is 0. The van der Waals surface area contributed by atoms with E-state index < -0.39 is 0 Å².